The van der Waals surface area contributed by atoms with Crippen LogP contribution < -0.4 is 0 Å². The zero-order valence-electron chi connectivity index (χ0n) is 15.6. The number of benzene rings is 2. The van der Waals surface area contributed by atoms with Gasteiger partial charge in [0.1, 0.15) is 17.1 Å². The highest BCUT2D eigenvalue weighted by molar-refractivity contribution is 5.82. The molecule has 6 nitrogen and oxygen atoms in total. The minimum Gasteiger partial charge on any atom is -0.507 e. The molecule has 0 unspecified atom stereocenters. The Kier molecular flexibility index (Phi) is 6.47. The number of rotatable bonds is 4. The van der Waals surface area contributed by atoms with Crippen LogP contribution in [0.25, 0.3) is 22.6 Å². The first kappa shape index (κ1) is 22.1. The molecule has 2 N–H and O–H groups in total. The lowest BCUT2D eigenvalue weighted by atomic mass is 10.0. The van der Waals surface area contributed by atoms with E-state index < -0.39 is 30.2 Å². The number of aromatic hydroxyl groups is 1. The van der Waals surface area contributed by atoms with Gasteiger partial charge in [-0.05, 0) is 59.5 Å². The fourth-order valence-electron chi connectivity index (χ4n) is 2.91. The summed E-state index contributed by atoms with van der Waals surface area (Å²) in [7, 11) is 0. The van der Waals surface area contributed by atoms with Gasteiger partial charge in [0.15, 0.2) is 5.76 Å². The van der Waals surface area contributed by atoms with Crippen molar-refractivity contribution in [3.8, 4) is 17.3 Å². The van der Waals surface area contributed by atoms with Crippen molar-refractivity contribution in [1.82, 2.24) is 20.6 Å². The van der Waals surface area contributed by atoms with Crippen LogP contribution in [-0.4, -0.2) is 32.7 Å². The molecule has 0 saturated carbocycles. The maximum Gasteiger partial charge on any atom is 0.419 e. The van der Waals surface area contributed by atoms with Crippen LogP contribution >= 0.6 is 0 Å². The van der Waals surface area contributed by atoms with Gasteiger partial charge in [-0.25, -0.2) is 13.2 Å². The molecule has 0 aliphatic carbocycles. The first-order valence-electron chi connectivity index (χ1n) is 8.69. The molecule has 0 spiro atoms. The highest BCUT2D eigenvalue weighted by atomic mass is 19.4. The van der Waals surface area contributed by atoms with Crippen molar-refractivity contribution in [2.75, 3.05) is 6.93 Å². The van der Waals surface area contributed by atoms with E-state index >= 15 is 0 Å². The second-order valence-corrected chi connectivity index (χ2v) is 6.28. The van der Waals surface area contributed by atoms with Crippen LogP contribution in [0, 0.1) is 5.82 Å². The number of hydrogen-bond acceptors (Lipinski definition) is 5. The molecule has 0 bridgehead atoms. The van der Waals surface area contributed by atoms with Crippen LogP contribution in [0.1, 0.15) is 16.7 Å². The molecule has 12 heteroatoms. The summed E-state index contributed by atoms with van der Waals surface area (Å²) in [5.41, 5.74) is -0.0886. The number of hydrogen-bond donors (Lipinski definition) is 2. The van der Waals surface area contributed by atoms with Gasteiger partial charge in [-0.1, -0.05) is 6.07 Å². The van der Waals surface area contributed by atoms with Gasteiger partial charge in [0.05, 0.1) is 5.56 Å². The summed E-state index contributed by atoms with van der Waals surface area (Å²) in [6.45, 7) is -1.75. The summed E-state index contributed by atoms with van der Waals surface area (Å²) < 4.78 is 78.0. The highest BCUT2D eigenvalue weighted by Crippen LogP contribution is 2.36. The summed E-state index contributed by atoms with van der Waals surface area (Å²) >= 11 is 0. The van der Waals surface area contributed by atoms with Crippen molar-refractivity contribution in [3.63, 3.8) is 0 Å². The van der Waals surface area contributed by atoms with Gasteiger partial charge in [0.2, 0.25) is 12.8 Å². The van der Waals surface area contributed by atoms with Gasteiger partial charge in [0.25, 0.3) is 0 Å². The number of H-pyrrole nitrogens is 1. The van der Waals surface area contributed by atoms with Gasteiger partial charge in [0, 0.05) is 5.39 Å². The molecule has 2 aromatic carbocycles. The van der Waals surface area contributed by atoms with E-state index in [4.69, 9.17) is 4.42 Å². The van der Waals surface area contributed by atoms with Gasteiger partial charge >= 0.3 is 6.18 Å². The normalized spacial score (nSPS) is 11.4. The van der Waals surface area contributed by atoms with Crippen LogP contribution in [0.2, 0.25) is 0 Å². The third kappa shape index (κ3) is 5.13. The maximum atomic E-state index is 14.4. The highest BCUT2D eigenvalue weighted by Gasteiger charge is 2.33. The number of phenols is 1. The number of aryl methyl sites for hydroxylation is 2. The minimum atomic E-state index is -4.66. The number of fused-ring (bicyclic) bond motifs is 1. The summed E-state index contributed by atoms with van der Waals surface area (Å²) in [6, 6.07) is 7.59. The quantitative estimate of drug-likeness (QED) is 0.426. The lowest BCUT2D eigenvalue weighted by Gasteiger charge is -2.11. The number of aromatic amines is 1. The Hall–Kier alpha value is -3.57. The molecule has 0 amide bonds. The van der Waals surface area contributed by atoms with E-state index in [-0.39, 0.29) is 18.7 Å². The third-order valence-corrected chi connectivity index (χ3v) is 4.30. The second kappa shape index (κ2) is 9.06. The molecular weight excluding hydrogens is 430 g/mol. The molecule has 4 rings (SSSR count). The maximum absolute atomic E-state index is 14.4. The van der Waals surface area contributed by atoms with Crippen LogP contribution in [0.4, 0.5) is 26.3 Å². The zero-order chi connectivity index (χ0) is 22.6. The van der Waals surface area contributed by atoms with Crippen LogP contribution in [0.15, 0.2) is 40.8 Å². The van der Waals surface area contributed by atoms with Crippen molar-refractivity contribution < 1.29 is 35.9 Å². The number of phenolic OH excluding ortho intramolecular Hbond substituents is 1. The second-order valence-electron chi connectivity index (χ2n) is 6.28. The standard InChI is InChI=1S/C18H12F4N4O2.CH2F2/c19-13-6-11-8-16(17-23-25-26-24-17)28-15(11)7-10(13)3-1-9-2-4-14(27)12(5-9)18(20,21)22;2-1-3/h2,4-8,27H,1,3H2,(H,23,24,25,26);1H2. The van der Waals surface area contributed by atoms with E-state index in [0.29, 0.717) is 27.9 Å². The Bertz CT molecular complexity index is 1160. The average molecular weight is 444 g/mol. The molecule has 4 aromatic rings. The molecule has 0 saturated heterocycles. The number of furan rings is 1. The molecule has 2 heterocycles. The van der Waals surface area contributed by atoms with Crippen molar-refractivity contribution >= 4 is 11.0 Å². The van der Waals surface area contributed by atoms with Crippen LogP contribution in [-0.2, 0) is 19.0 Å². The number of nitrogens with zero attached hydrogens (tertiary/aromatic N) is 3. The Morgan fingerprint density at radius 2 is 1.77 bits per heavy atom. The predicted molar refractivity (Wildman–Crippen MR) is 96.9 cm³/mol. The molecule has 31 heavy (non-hydrogen) atoms. The molecule has 2 aromatic heterocycles. The topological polar surface area (TPSA) is 87.8 Å². The molecule has 0 aliphatic heterocycles. The monoisotopic (exact) mass is 444 g/mol. The Balaban J connectivity index is 0.000000858. The predicted octanol–water partition coefficient (Wildman–Crippen LogP) is 5.14. The Labute approximate surface area is 170 Å². The Morgan fingerprint density at radius 3 is 2.42 bits per heavy atom. The SMILES string of the molecule is FCF.Oc1ccc(CCc2cc3oc(-c4nn[nH]n4)cc3cc2F)cc1C(F)(F)F. The fourth-order valence-corrected chi connectivity index (χ4v) is 2.91. The molecule has 0 radical (unpaired) electrons. The summed E-state index contributed by atoms with van der Waals surface area (Å²) in [4.78, 5) is 0. The first-order chi connectivity index (χ1) is 14.7. The average Bonchev–Trinajstić information content (AvgIpc) is 3.36. The smallest absolute Gasteiger partial charge is 0.419 e. The molecule has 0 aliphatic rings. The van der Waals surface area contributed by atoms with Crippen LogP contribution in [0.5, 0.6) is 5.75 Å². The molecule has 164 valence electrons. The van der Waals surface area contributed by atoms with Crippen molar-refractivity contribution in [2.45, 2.75) is 19.0 Å². The molecule has 0 fully saturated rings. The number of nitrogens with one attached hydrogen (secondary N) is 1. The number of tetrazole rings is 1. The molecule has 0 atom stereocenters. The zero-order valence-corrected chi connectivity index (χ0v) is 15.6. The van der Waals surface area contributed by atoms with E-state index in [1.807, 2.05) is 0 Å². The van der Waals surface area contributed by atoms with Gasteiger partial charge < -0.3 is 9.52 Å². The first-order valence-corrected chi connectivity index (χ1v) is 8.69. The summed E-state index contributed by atoms with van der Waals surface area (Å²) in [6.07, 6.45) is -4.35. The van der Waals surface area contributed by atoms with Crippen molar-refractivity contribution in [3.05, 3.63) is 58.9 Å². The number of aromatic nitrogens is 4. The lowest BCUT2D eigenvalue weighted by molar-refractivity contribution is -0.138. The van der Waals surface area contributed by atoms with Gasteiger partial charge in [-0.2, -0.15) is 18.4 Å². The van der Waals surface area contributed by atoms with Gasteiger partial charge in [-0.3, -0.25) is 0 Å². The number of alkyl halides is 5. The lowest BCUT2D eigenvalue weighted by Crippen LogP contribution is -2.06. The van der Waals surface area contributed by atoms with E-state index in [1.165, 1.54) is 18.2 Å². The van der Waals surface area contributed by atoms with Crippen molar-refractivity contribution in [1.29, 1.82) is 0 Å². The van der Waals surface area contributed by atoms with E-state index in [2.05, 4.69) is 20.6 Å². The Morgan fingerprint density at radius 1 is 1.03 bits per heavy atom. The van der Waals surface area contributed by atoms with Crippen LogP contribution in [0.3, 0.4) is 0 Å². The van der Waals surface area contributed by atoms with E-state index in [1.54, 1.807) is 6.07 Å². The summed E-state index contributed by atoms with van der Waals surface area (Å²) in [5, 5.41) is 23.2. The fraction of sp³-hybridized carbons (Fsp3) is 0.211. The number of halogens is 6. The largest absolute Gasteiger partial charge is 0.507 e. The van der Waals surface area contributed by atoms with E-state index in [0.717, 1.165) is 12.1 Å². The van der Waals surface area contributed by atoms with Crippen molar-refractivity contribution in [2.24, 2.45) is 0 Å². The third-order valence-electron chi connectivity index (χ3n) is 4.30. The minimum absolute atomic E-state index is 0.155. The summed E-state index contributed by atoms with van der Waals surface area (Å²) in [5.74, 6) is -0.799. The van der Waals surface area contributed by atoms with Gasteiger partial charge in [-0.15, -0.1) is 10.2 Å². The molecular formula is C19H14F6N4O2. The van der Waals surface area contributed by atoms with E-state index in [9.17, 15) is 31.4 Å².